The molecule has 26 heavy (non-hydrogen) atoms. The van der Waals surface area contributed by atoms with E-state index in [0.29, 0.717) is 18.0 Å². The number of ether oxygens (including phenoxy) is 3. The van der Waals surface area contributed by atoms with Gasteiger partial charge in [-0.05, 0) is 12.1 Å². The summed E-state index contributed by atoms with van der Waals surface area (Å²) in [7, 11) is 4.63. The molecule has 0 aliphatic heterocycles. The summed E-state index contributed by atoms with van der Waals surface area (Å²) in [6, 6.07) is 11.4. The average molecular weight is 360 g/mol. The summed E-state index contributed by atoms with van der Waals surface area (Å²) >= 11 is 0. The number of carbonyl (C=O) groups is 1. The van der Waals surface area contributed by atoms with Gasteiger partial charge in [-0.25, -0.2) is 0 Å². The van der Waals surface area contributed by atoms with E-state index in [1.165, 1.54) is 30.2 Å². The standard InChI is InChI=1S/C18H20N2O6/c1-19(11-13-6-4-5-7-15(13)24-2)18(21)12-26-17-10-14(20(22)23)8-9-16(17)25-3/h4-10H,11-12H2,1-3H3. The highest BCUT2D eigenvalue weighted by molar-refractivity contribution is 5.77. The molecule has 0 aliphatic carbocycles. The van der Waals surface area contributed by atoms with Crippen LogP contribution < -0.4 is 14.2 Å². The Morgan fingerprint density at radius 3 is 2.42 bits per heavy atom. The molecule has 0 spiro atoms. The first-order valence-corrected chi connectivity index (χ1v) is 7.77. The zero-order chi connectivity index (χ0) is 19.1. The van der Waals surface area contributed by atoms with Crippen LogP contribution in [0.25, 0.3) is 0 Å². The third-order valence-electron chi connectivity index (χ3n) is 3.73. The summed E-state index contributed by atoms with van der Waals surface area (Å²) in [6.07, 6.45) is 0. The summed E-state index contributed by atoms with van der Waals surface area (Å²) < 4.78 is 15.8. The molecule has 0 aromatic heterocycles. The van der Waals surface area contributed by atoms with Crippen LogP contribution in [0.2, 0.25) is 0 Å². The number of nitro groups is 1. The summed E-state index contributed by atoms with van der Waals surface area (Å²) in [5.41, 5.74) is 0.717. The fraction of sp³-hybridized carbons (Fsp3) is 0.278. The Bertz CT molecular complexity index is 793. The number of benzene rings is 2. The predicted molar refractivity (Wildman–Crippen MR) is 94.6 cm³/mol. The van der Waals surface area contributed by atoms with Crippen molar-refractivity contribution in [1.29, 1.82) is 0 Å². The number of nitrogens with zero attached hydrogens (tertiary/aromatic N) is 2. The molecular weight excluding hydrogens is 340 g/mol. The molecule has 2 aromatic rings. The first kappa shape index (κ1) is 19.0. The largest absolute Gasteiger partial charge is 0.496 e. The first-order chi connectivity index (χ1) is 12.5. The lowest BCUT2D eigenvalue weighted by atomic mass is 10.2. The lowest BCUT2D eigenvalue weighted by Gasteiger charge is -2.19. The Kier molecular flexibility index (Phi) is 6.37. The molecule has 0 saturated heterocycles. The number of para-hydroxylation sites is 1. The van der Waals surface area contributed by atoms with Crippen molar-refractivity contribution < 1.29 is 23.9 Å². The Morgan fingerprint density at radius 2 is 1.77 bits per heavy atom. The Morgan fingerprint density at radius 1 is 1.08 bits per heavy atom. The van der Waals surface area contributed by atoms with Gasteiger partial charge in [0.15, 0.2) is 18.1 Å². The van der Waals surface area contributed by atoms with Crippen molar-refractivity contribution in [2.75, 3.05) is 27.9 Å². The second kappa shape index (κ2) is 8.70. The smallest absolute Gasteiger partial charge is 0.273 e. The fourth-order valence-electron chi connectivity index (χ4n) is 2.32. The van der Waals surface area contributed by atoms with E-state index in [0.717, 1.165) is 5.56 Å². The van der Waals surface area contributed by atoms with Gasteiger partial charge in [0.25, 0.3) is 11.6 Å². The quantitative estimate of drug-likeness (QED) is 0.531. The van der Waals surface area contributed by atoms with Crippen LogP contribution in [0.1, 0.15) is 5.56 Å². The normalized spacial score (nSPS) is 10.1. The maximum Gasteiger partial charge on any atom is 0.273 e. The molecule has 0 radical (unpaired) electrons. The number of amides is 1. The topological polar surface area (TPSA) is 91.1 Å². The van der Waals surface area contributed by atoms with E-state index in [2.05, 4.69) is 0 Å². The molecule has 0 heterocycles. The number of carbonyl (C=O) groups excluding carboxylic acids is 1. The second-order valence-electron chi connectivity index (χ2n) is 5.44. The number of hydrogen-bond donors (Lipinski definition) is 0. The van der Waals surface area contributed by atoms with Gasteiger partial charge in [0.05, 0.1) is 25.2 Å². The van der Waals surface area contributed by atoms with Crippen molar-refractivity contribution in [3.8, 4) is 17.2 Å². The molecule has 2 aromatic carbocycles. The van der Waals surface area contributed by atoms with E-state index >= 15 is 0 Å². The van der Waals surface area contributed by atoms with Gasteiger partial charge in [0.1, 0.15) is 5.75 Å². The van der Waals surface area contributed by atoms with Crippen molar-refractivity contribution >= 4 is 11.6 Å². The van der Waals surface area contributed by atoms with Crippen molar-refractivity contribution in [1.82, 2.24) is 4.90 Å². The van der Waals surface area contributed by atoms with Gasteiger partial charge < -0.3 is 19.1 Å². The Balaban J connectivity index is 2.03. The highest BCUT2D eigenvalue weighted by Gasteiger charge is 2.16. The van der Waals surface area contributed by atoms with Gasteiger partial charge in [-0.3, -0.25) is 14.9 Å². The van der Waals surface area contributed by atoms with Crippen molar-refractivity contribution in [3.05, 3.63) is 58.1 Å². The van der Waals surface area contributed by atoms with E-state index in [-0.39, 0.29) is 24.0 Å². The van der Waals surface area contributed by atoms with Crippen LogP contribution in [0.5, 0.6) is 17.2 Å². The predicted octanol–water partition coefficient (Wildman–Crippen LogP) is 2.65. The molecule has 138 valence electrons. The molecule has 0 fully saturated rings. The molecule has 0 bridgehead atoms. The molecule has 2 rings (SSSR count). The summed E-state index contributed by atoms with van der Waals surface area (Å²) in [4.78, 5) is 24.2. The molecule has 0 aliphatic rings. The van der Waals surface area contributed by atoms with Crippen LogP contribution in [0, 0.1) is 10.1 Å². The average Bonchev–Trinajstić information content (AvgIpc) is 2.66. The number of hydrogen-bond acceptors (Lipinski definition) is 6. The van der Waals surface area contributed by atoms with E-state index in [1.54, 1.807) is 14.2 Å². The van der Waals surface area contributed by atoms with Gasteiger partial charge in [0, 0.05) is 25.2 Å². The summed E-state index contributed by atoms with van der Waals surface area (Å²) in [6.45, 7) is 0.0709. The molecule has 0 atom stereocenters. The summed E-state index contributed by atoms with van der Waals surface area (Å²) in [5.74, 6) is 0.856. The number of nitro benzene ring substituents is 1. The molecule has 0 N–H and O–H groups in total. The molecule has 8 nitrogen and oxygen atoms in total. The van der Waals surface area contributed by atoms with Crippen molar-refractivity contribution in [2.24, 2.45) is 0 Å². The maximum atomic E-state index is 12.3. The van der Waals surface area contributed by atoms with Gasteiger partial charge in [-0.2, -0.15) is 0 Å². The van der Waals surface area contributed by atoms with Crippen LogP contribution in [0.4, 0.5) is 5.69 Å². The molecule has 0 saturated carbocycles. The van der Waals surface area contributed by atoms with Crippen molar-refractivity contribution in [3.63, 3.8) is 0 Å². The van der Waals surface area contributed by atoms with Crippen molar-refractivity contribution in [2.45, 2.75) is 6.54 Å². The van der Waals surface area contributed by atoms with Crippen LogP contribution in [0.15, 0.2) is 42.5 Å². The minimum absolute atomic E-state index is 0.140. The highest BCUT2D eigenvalue weighted by atomic mass is 16.6. The zero-order valence-corrected chi connectivity index (χ0v) is 14.8. The minimum Gasteiger partial charge on any atom is -0.496 e. The number of rotatable bonds is 8. The summed E-state index contributed by atoms with van der Waals surface area (Å²) in [5, 5.41) is 10.9. The molecule has 0 unspecified atom stereocenters. The van der Waals surface area contributed by atoms with Gasteiger partial charge in [-0.1, -0.05) is 18.2 Å². The molecule has 1 amide bonds. The van der Waals surface area contributed by atoms with Crippen LogP contribution in [0.3, 0.4) is 0 Å². The third kappa shape index (κ3) is 4.62. The second-order valence-corrected chi connectivity index (χ2v) is 5.44. The van der Waals surface area contributed by atoms with E-state index in [4.69, 9.17) is 14.2 Å². The molecular formula is C18H20N2O6. The lowest BCUT2D eigenvalue weighted by molar-refractivity contribution is -0.385. The first-order valence-electron chi connectivity index (χ1n) is 7.77. The fourth-order valence-corrected chi connectivity index (χ4v) is 2.32. The monoisotopic (exact) mass is 360 g/mol. The minimum atomic E-state index is -0.540. The van der Waals surface area contributed by atoms with Gasteiger partial charge >= 0.3 is 0 Å². The Hall–Kier alpha value is -3.29. The zero-order valence-electron chi connectivity index (χ0n) is 14.8. The Labute approximate surface area is 151 Å². The van der Waals surface area contributed by atoms with E-state index in [9.17, 15) is 14.9 Å². The van der Waals surface area contributed by atoms with Gasteiger partial charge in [0.2, 0.25) is 0 Å². The number of methoxy groups -OCH3 is 2. The lowest BCUT2D eigenvalue weighted by Crippen LogP contribution is -2.31. The maximum absolute atomic E-state index is 12.3. The number of likely N-dealkylation sites (N-methyl/N-ethyl adjacent to an activating group) is 1. The molecule has 8 heteroatoms. The van der Waals surface area contributed by atoms with E-state index in [1.807, 2.05) is 24.3 Å². The van der Waals surface area contributed by atoms with E-state index < -0.39 is 4.92 Å². The third-order valence-corrected chi connectivity index (χ3v) is 3.73. The SMILES string of the molecule is COc1ccccc1CN(C)C(=O)COc1cc([N+](=O)[O-])ccc1OC. The van der Waals surface area contributed by atoms with Gasteiger partial charge in [-0.15, -0.1) is 0 Å². The highest BCUT2D eigenvalue weighted by Crippen LogP contribution is 2.31. The van der Waals surface area contributed by atoms with Crippen LogP contribution in [-0.4, -0.2) is 43.6 Å². The van der Waals surface area contributed by atoms with Crippen LogP contribution >= 0.6 is 0 Å². The van der Waals surface area contributed by atoms with Crippen LogP contribution in [-0.2, 0) is 11.3 Å². The number of non-ortho nitro benzene ring substituents is 1.